The Kier molecular flexibility index (Phi) is 4.71. The number of rotatable bonds is 5. The Morgan fingerprint density at radius 1 is 1.11 bits per heavy atom. The number of aromatic nitrogens is 4. The lowest BCUT2D eigenvalue weighted by Gasteiger charge is -2.17. The van der Waals surface area contributed by atoms with E-state index in [4.69, 9.17) is 9.97 Å². The molecule has 1 atom stereocenters. The standard InChI is InChI=1S/C21H23N5O/c1-3-18-22-11-10-17(24-18)21-20(15-8-6-5-7-9-15)23-14-26(21)16-12-19(27)25(4-2)13-16/h5-11,14,16H,3-4,12-13H2,1-2H3/t16-/m0/s1. The highest BCUT2D eigenvalue weighted by atomic mass is 16.2. The van der Waals surface area contributed by atoms with Crippen LogP contribution in [-0.4, -0.2) is 43.4 Å². The fourth-order valence-electron chi connectivity index (χ4n) is 3.64. The molecule has 1 aliphatic rings. The summed E-state index contributed by atoms with van der Waals surface area (Å²) >= 11 is 0. The molecule has 1 saturated heterocycles. The molecule has 138 valence electrons. The van der Waals surface area contributed by atoms with E-state index in [0.29, 0.717) is 13.0 Å². The normalized spacial score (nSPS) is 16.9. The molecule has 2 aromatic heterocycles. The van der Waals surface area contributed by atoms with Gasteiger partial charge in [0.05, 0.1) is 29.5 Å². The molecule has 1 amide bonds. The van der Waals surface area contributed by atoms with Crippen molar-refractivity contribution in [2.75, 3.05) is 13.1 Å². The van der Waals surface area contributed by atoms with Gasteiger partial charge in [-0.1, -0.05) is 37.3 Å². The van der Waals surface area contributed by atoms with Crippen molar-refractivity contribution in [3.63, 3.8) is 0 Å². The maximum Gasteiger partial charge on any atom is 0.224 e. The van der Waals surface area contributed by atoms with E-state index in [9.17, 15) is 4.79 Å². The van der Waals surface area contributed by atoms with Crippen molar-refractivity contribution in [1.29, 1.82) is 0 Å². The van der Waals surface area contributed by atoms with Gasteiger partial charge in [0.1, 0.15) is 5.82 Å². The van der Waals surface area contributed by atoms with Gasteiger partial charge in [0.25, 0.3) is 0 Å². The Hall–Kier alpha value is -3.02. The van der Waals surface area contributed by atoms with Crippen LogP contribution < -0.4 is 0 Å². The Labute approximate surface area is 158 Å². The highest BCUT2D eigenvalue weighted by Crippen LogP contribution is 2.35. The number of nitrogens with zero attached hydrogens (tertiary/aromatic N) is 5. The Bertz CT molecular complexity index is 950. The second-order valence-electron chi connectivity index (χ2n) is 6.72. The number of benzene rings is 1. The molecule has 27 heavy (non-hydrogen) atoms. The first-order chi connectivity index (χ1) is 13.2. The number of carbonyl (C=O) groups is 1. The highest BCUT2D eigenvalue weighted by Gasteiger charge is 2.32. The lowest BCUT2D eigenvalue weighted by molar-refractivity contribution is -0.127. The van der Waals surface area contributed by atoms with Crippen molar-refractivity contribution in [3.8, 4) is 22.6 Å². The van der Waals surface area contributed by atoms with Crippen LogP contribution in [0.15, 0.2) is 48.9 Å². The van der Waals surface area contributed by atoms with Crippen LogP contribution in [-0.2, 0) is 11.2 Å². The average molecular weight is 361 g/mol. The van der Waals surface area contributed by atoms with E-state index in [1.807, 2.05) is 49.3 Å². The lowest BCUT2D eigenvalue weighted by Crippen LogP contribution is -2.24. The van der Waals surface area contributed by atoms with Gasteiger partial charge < -0.3 is 9.47 Å². The molecule has 1 aliphatic heterocycles. The van der Waals surface area contributed by atoms with Crippen LogP contribution in [0.4, 0.5) is 0 Å². The zero-order valence-corrected chi connectivity index (χ0v) is 15.7. The minimum absolute atomic E-state index is 0.0671. The smallest absolute Gasteiger partial charge is 0.224 e. The molecule has 3 heterocycles. The molecular weight excluding hydrogens is 338 g/mol. The van der Waals surface area contributed by atoms with Crippen molar-refractivity contribution >= 4 is 5.91 Å². The molecule has 6 nitrogen and oxygen atoms in total. The van der Waals surface area contributed by atoms with E-state index in [0.717, 1.165) is 41.4 Å². The summed E-state index contributed by atoms with van der Waals surface area (Å²) in [5.74, 6) is 0.997. The SMILES string of the molecule is CCc1nccc(-c2c(-c3ccccc3)ncn2[C@H]2CC(=O)N(CC)C2)n1. The molecular formula is C21H23N5O. The molecule has 0 aliphatic carbocycles. The summed E-state index contributed by atoms with van der Waals surface area (Å²) in [6, 6.07) is 12.1. The fraction of sp³-hybridized carbons (Fsp3) is 0.333. The maximum absolute atomic E-state index is 12.3. The predicted molar refractivity (Wildman–Crippen MR) is 104 cm³/mol. The molecule has 0 unspecified atom stereocenters. The number of likely N-dealkylation sites (N-methyl/N-ethyl adjacent to an activating group) is 1. The summed E-state index contributed by atoms with van der Waals surface area (Å²) in [6.45, 7) is 5.50. The summed E-state index contributed by atoms with van der Waals surface area (Å²) in [5, 5.41) is 0. The van der Waals surface area contributed by atoms with E-state index in [2.05, 4.69) is 21.7 Å². The van der Waals surface area contributed by atoms with Gasteiger partial charge in [-0.05, 0) is 13.0 Å². The second-order valence-corrected chi connectivity index (χ2v) is 6.72. The number of likely N-dealkylation sites (tertiary alicyclic amines) is 1. The molecule has 0 radical (unpaired) electrons. The van der Waals surface area contributed by atoms with Gasteiger partial charge in [0.15, 0.2) is 0 Å². The van der Waals surface area contributed by atoms with E-state index in [1.54, 1.807) is 6.20 Å². The first-order valence-electron chi connectivity index (χ1n) is 9.43. The zero-order chi connectivity index (χ0) is 18.8. The largest absolute Gasteiger partial charge is 0.341 e. The lowest BCUT2D eigenvalue weighted by atomic mass is 10.1. The minimum Gasteiger partial charge on any atom is -0.341 e. The number of hydrogen-bond donors (Lipinski definition) is 0. The van der Waals surface area contributed by atoms with Crippen molar-refractivity contribution in [2.45, 2.75) is 32.7 Å². The van der Waals surface area contributed by atoms with Crippen LogP contribution in [0.1, 0.15) is 32.1 Å². The van der Waals surface area contributed by atoms with E-state index in [1.165, 1.54) is 0 Å². The fourth-order valence-corrected chi connectivity index (χ4v) is 3.64. The predicted octanol–water partition coefficient (Wildman–Crippen LogP) is 3.36. The maximum atomic E-state index is 12.3. The van der Waals surface area contributed by atoms with Crippen LogP contribution in [0, 0.1) is 0 Å². The van der Waals surface area contributed by atoms with Crippen LogP contribution in [0.5, 0.6) is 0 Å². The summed E-state index contributed by atoms with van der Waals surface area (Å²) in [4.78, 5) is 28.0. The van der Waals surface area contributed by atoms with Crippen molar-refractivity contribution in [3.05, 3.63) is 54.7 Å². The Balaban J connectivity index is 1.85. The van der Waals surface area contributed by atoms with Crippen molar-refractivity contribution < 1.29 is 4.79 Å². The van der Waals surface area contributed by atoms with Gasteiger partial charge in [-0.15, -0.1) is 0 Å². The third-order valence-electron chi connectivity index (χ3n) is 5.07. The number of hydrogen-bond acceptors (Lipinski definition) is 4. The molecule has 0 spiro atoms. The van der Waals surface area contributed by atoms with Crippen LogP contribution in [0.25, 0.3) is 22.6 Å². The monoisotopic (exact) mass is 361 g/mol. The van der Waals surface area contributed by atoms with Gasteiger partial charge in [-0.2, -0.15) is 0 Å². The van der Waals surface area contributed by atoms with E-state index in [-0.39, 0.29) is 11.9 Å². The molecule has 0 N–H and O–H groups in total. The van der Waals surface area contributed by atoms with Crippen LogP contribution in [0.2, 0.25) is 0 Å². The summed E-state index contributed by atoms with van der Waals surface area (Å²) in [6.07, 6.45) is 4.92. The van der Waals surface area contributed by atoms with Gasteiger partial charge in [0.2, 0.25) is 5.91 Å². The summed E-state index contributed by atoms with van der Waals surface area (Å²) in [7, 11) is 0. The van der Waals surface area contributed by atoms with Gasteiger partial charge in [-0.3, -0.25) is 4.79 Å². The Morgan fingerprint density at radius 3 is 2.63 bits per heavy atom. The van der Waals surface area contributed by atoms with Gasteiger partial charge in [-0.25, -0.2) is 15.0 Å². The Morgan fingerprint density at radius 2 is 1.93 bits per heavy atom. The van der Waals surface area contributed by atoms with Crippen molar-refractivity contribution in [1.82, 2.24) is 24.4 Å². The zero-order valence-electron chi connectivity index (χ0n) is 15.7. The topological polar surface area (TPSA) is 63.9 Å². The third-order valence-corrected chi connectivity index (χ3v) is 5.07. The third kappa shape index (κ3) is 3.23. The number of carbonyl (C=O) groups excluding carboxylic acids is 1. The quantitative estimate of drug-likeness (QED) is 0.699. The molecule has 1 aromatic carbocycles. The number of imidazole rings is 1. The first kappa shape index (κ1) is 17.4. The summed E-state index contributed by atoms with van der Waals surface area (Å²) < 4.78 is 2.12. The molecule has 3 aromatic rings. The van der Waals surface area contributed by atoms with Crippen LogP contribution in [0.3, 0.4) is 0 Å². The molecule has 6 heteroatoms. The highest BCUT2D eigenvalue weighted by molar-refractivity contribution is 5.80. The van der Waals surface area contributed by atoms with Crippen molar-refractivity contribution in [2.24, 2.45) is 0 Å². The van der Waals surface area contributed by atoms with Gasteiger partial charge >= 0.3 is 0 Å². The summed E-state index contributed by atoms with van der Waals surface area (Å²) in [5.41, 5.74) is 3.73. The average Bonchev–Trinajstić information content (AvgIpc) is 3.32. The van der Waals surface area contributed by atoms with E-state index >= 15 is 0 Å². The second kappa shape index (κ2) is 7.31. The molecule has 4 rings (SSSR count). The number of amides is 1. The van der Waals surface area contributed by atoms with Gasteiger partial charge in [0, 0.05) is 37.7 Å². The van der Waals surface area contributed by atoms with Crippen LogP contribution >= 0.6 is 0 Å². The molecule has 0 saturated carbocycles. The first-order valence-corrected chi connectivity index (χ1v) is 9.43. The molecule has 0 bridgehead atoms. The number of aryl methyl sites for hydroxylation is 1. The van der Waals surface area contributed by atoms with E-state index < -0.39 is 0 Å². The minimum atomic E-state index is 0.0671. The molecule has 1 fully saturated rings.